The van der Waals surface area contributed by atoms with Crippen molar-refractivity contribution >= 4 is 56.5 Å². The highest BCUT2D eigenvalue weighted by Gasteiger charge is 2.36. The van der Waals surface area contributed by atoms with E-state index in [1.807, 2.05) is 0 Å². The van der Waals surface area contributed by atoms with E-state index in [1.165, 1.54) is 43.5 Å². The van der Waals surface area contributed by atoms with Gasteiger partial charge in [0.25, 0.3) is 11.1 Å². The average Bonchev–Trinajstić information content (AvgIpc) is 3.12. The first-order chi connectivity index (χ1) is 17.7. The lowest BCUT2D eigenvalue weighted by Crippen LogP contribution is -2.36. The number of thioether (sulfide) groups is 1. The van der Waals surface area contributed by atoms with E-state index in [9.17, 15) is 23.2 Å². The maximum atomic E-state index is 13.3. The molecule has 0 bridgehead atoms. The van der Waals surface area contributed by atoms with Gasteiger partial charge in [-0.15, -0.1) is 0 Å². The van der Waals surface area contributed by atoms with Crippen molar-refractivity contribution in [1.82, 2.24) is 4.90 Å². The van der Waals surface area contributed by atoms with E-state index in [0.717, 1.165) is 16.5 Å². The molecule has 0 saturated carbocycles. The van der Waals surface area contributed by atoms with Crippen molar-refractivity contribution in [1.29, 1.82) is 0 Å². The molecular weight excluding hydrogens is 570 g/mol. The molecule has 1 aliphatic heterocycles. The van der Waals surface area contributed by atoms with Crippen LogP contribution in [0.5, 0.6) is 11.5 Å². The van der Waals surface area contributed by atoms with E-state index in [-0.39, 0.29) is 23.0 Å². The van der Waals surface area contributed by atoms with Gasteiger partial charge in [-0.1, -0.05) is 34.1 Å². The van der Waals surface area contributed by atoms with Crippen LogP contribution in [0.4, 0.5) is 19.3 Å². The fourth-order valence-corrected chi connectivity index (χ4v) is 4.63. The topological polar surface area (TPSA) is 84.9 Å². The highest BCUT2D eigenvalue weighted by atomic mass is 79.9. The molecule has 0 spiro atoms. The molecule has 3 amide bonds. The van der Waals surface area contributed by atoms with Crippen LogP contribution < -0.4 is 14.8 Å². The van der Waals surface area contributed by atoms with Crippen molar-refractivity contribution in [3.05, 3.63) is 92.8 Å². The average molecular weight is 589 g/mol. The number of nitrogens with one attached hydrogen (secondary N) is 1. The van der Waals surface area contributed by atoms with Gasteiger partial charge in [-0.3, -0.25) is 19.3 Å². The van der Waals surface area contributed by atoms with Gasteiger partial charge in [-0.25, -0.2) is 8.78 Å². The Balaban J connectivity index is 1.47. The van der Waals surface area contributed by atoms with Crippen molar-refractivity contribution in [2.75, 3.05) is 19.0 Å². The molecule has 0 radical (unpaired) electrons. The smallest absolute Gasteiger partial charge is 0.294 e. The Kier molecular flexibility index (Phi) is 8.24. The Bertz CT molecular complexity index is 1400. The lowest BCUT2D eigenvalue weighted by atomic mass is 10.1. The van der Waals surface area contributed by atoms with E-state index < -0.39 is 29.4 Å². The largest absolute Gasteiger partial charge is 0.493 e. The van der Waals surface area contributed by atoms with Crippen molar-refractivity contribution in [2.45, 2.75) is 6.61 Å². The zero-order chi connectivity index (χ0) is 26.5. The zero-order valence-corrected chi connectivity index (χ0v) is 21.7. The molecule has 3 aromatic rings. The Morgan fingerprint density at radius 2 is 1.81 bits per heavy atom. The molecule has 1 saturated heterocycles. The minimum absolute atomic E-state index is 0.117. The molecule has 0 unspecified atom stereocenters. The van der Waals surface area contributed by atoms with Gasteiger partial charge in [-0.05, 0) is 71.4 Å². The molecule has 7 nitrogen and oxygen atoms in total. The number of rotatable bonds is 8. The van der Waals surface area contributed by atoms with Crippen LogP contribution in [0.15, 0.2) is 70.0 Å². The van der Waals surface area contributed by atoms with Crippen molar-refractivity contribution in [2.24, 2.45) is 0 Å². The first-order valence-corrected chi connectivity index (χ1v) is 12.4. The fraction of sp³-hybridized carbons (Fsp3) is 0.115. The van der Waals surface area contributed by atoms with E-state index in [1.54, 1.807) is 24.3 Å². The Hall–Kier alpha value is -3.70. The molecule has 37 heavy (non-hydrogen) atoms. The molecule has 3 aromatic carbocycles. The van der Waals surface area contributed by atoms with Crippen LogP contribution in [-0.4, -0.2) is 35.6 Å². The van der Waals surface area contributed by atoms with Crippen LogP contribution in [0.3, 0.4) is 0 Å². The number of benzene rings is 3. The minimum atomic E-state index is -0.639. The number of methoxy groups -OCH3 is 1. The van der Waals surface area contributed by atoms with Crippen LogP contribution in [0.1, 0.15) is 11.1 Å². The van der Waals surface area contributed by atoms with Gasteiger partial charge < -0.3 is 14.8 Å². The number of carbonyl (C=O) groups excluding carboxylic acids is 3. The third-order valence-electron chi connectivity index (χ3n) is 5.16. The van der Waals surface area contributed by atoms with Gasteiger partial charge in [0.15, 0.2) is 11.5 Å². The quantitative estimate of drug-likeness (QED) is 0.325. The summed E-state index contributed by atoms with van der Waals surface area (Å²) in [5, 5.41) is 1.86. The lowest BCUT2D eigenvalue weighted by molar-refractivity contribution is -0.127. The number of hydrogen-bond donors (Lipinski definition) is 1. The number of nitrogens with zero attached hydrogens (tertiary/aromatic N) is 1. The van der Waals surface area contributed by atoms with Crippen molar-refractivity contribution in [3.63, 3.8) is 0 Å². The van der Waals surface area contributed by atoms with Gasteiger partial charge in [0.1, 0.15) is 24.8 Å². The summed E-state index contributed by atoms with van der Waals surface area (Å²) in [6.45, 7) is -0.335. The van der Waals surface area contributed by atoms with Gasteiger partial charge in [0.2, 0.25) is 5.91 Å². The van der Waals surface area contributed by atoms with Crippen LogP contribution in [0, 0.1) is 11.6 Å². The molecule has 1 fully saturated rings. The zero-order valence-electron chi connectivity index (χ0n) is 19.3. The van der Waals surface area contributed by atoms with Crippen LogP contribution in [0.25, 0.3) is 6.08 Å². The first-order valence-electron chi connectivity index (χ1n) is 10.8. The number of anilines is 1. The number of amides is 3. The number of imide groups is 1. The maximum Gasteiger partial charge on any atom is 0.294 e. The van der Waals surface area contributed by atoms with Gasteiger partial charge in [0, 0.05) is 10.2 Å². The maximum absolute atomic E-state index is 13.3. The Labute approximate surface area is 223 Å². The van der Waals surface area contributed by atoms with E-state index in [0.29, 0.717) is 33.3 Å². The normalized spacial score (nSPS) is 14.3. The van der Waals surface area contributed by atoms with Crippen LogP contribution in [0.2, 0.25) is 0 Å². The van der Waals surface area contributed by atoms with E-state index >= 15 is 0 Å². The number of halogens is 3. The van der Waals surface area contributed by atoms with Crippen LogP contribution in [-0.2, 0) is 16.2 Å². The monoisotopic (exact) mass is 588 g/mol. The second-order valence-corrected chi connectivity index (χ2v) is 9.61. The molecule has 0 aliphatic carbocycles. The fourth-order valence-electron chi connectivity index (χ4n) is 3.36. The molecule has 0 aromatic heterocycles. The predicted octanol–water partition coefficient (Wildman–Crippen LogP) is 5.99. The summed E-state index contributed by atoms with van der Waals surface area (Å²) >= 11 is 4.14. The molecule has 1 aliphatic rings. The third kappa shape index (κ3) is 6.55. The highest BCUT2D eigenvalue weighted by molar-refractivity contribution is 9.10. The minimum Gasteiger partial charge on any atom is -0.493 e. The van der Waals surface area contributed by atoms with Crippen LogP contribution >= 0.6 is 27.7 Å². The Morgan fingerprint density at radius 1 is 1.05 bits per heavy atom. The summed E-state index contributed by atoms with van der Waals surface area (Å²) < 4.78 is 38.3. The van der Waals surface area contributed by atoms with Crippen molar-refractivity contribution in [3.8, 4) is 11.5 Å². The second-order valence-electron chi connectivity index (χ2n) is 7.77. The summed E-state index contributed by atoms with van der Waals surface area (Å²) in [4.78, 5) is 38.6. The Morgan fingerprint density at radius 3 is 2.51 bits per heavy atom. The van der Waals surface area contributed by atoms with Gasteiger partial charge in [-0.2, -0.15) is 0 Å². The van der Waals surface area contributed by atoms with Crippen molar-refractivity contribution < 1.29 is 32.6 Å². The number of ether oxygens (including phenoxy) is 2. The van der Waals surface area contributed by atoms with E-state index in [4.69, 9.17) is 9.47 Å². The summed E-state index contributed by atoms with van der Waals surface area (Å²) in [6.07, 6.45) is 1.51. The molecule has 0 atom stereocenters. The second kappa shape index (κ2) is 11.6. The first kappa shape index (κ1) is 26.4. The highest BCUT2D eigenvalue weighted by Crippen LogP contribution is 2.38. The summed E-state index contributed by atoms with van der Waals surface area (Å²) in [7, 11) is 1.46. The van der Waals surface area contributed by atoms with Gasteiger partial charge in [0.05, 0.1) is 12.0 Å². The lowest BCUT2D eigenvalue weighted by Gasteiger charge is -2.13. The third-order valence-corrected chi connectivity index (χ3v) is 6.75. The standard InChI is InChI=1S/C26H19BrF2N2O5S/c1-35-21-9-16(20(27)12-22(21)36-14-15-5-7-17(28)8-6-15)10-23-25(33)31(26(34)37-23)13-24(32)30-19-4-2-3-18(29)11-19/h2-12H,13-14H2,1H3,(H,30,32)/b23-10+. The summed E-state index contributed by atoms with van der Waals surface area (Å²) in [5.41, 5.74) is 1.52. The predicted molar refractivity (Wildman–Crippen MR) is 139 cm³/mol. The SMILES string of the molecule is COc1cc(/C=C2/SC(=O)N(CC(=O)Nc3cccc(F)c3)C2=O)c(Br)cc1OCc1ccc(F)cc1. The molecule has 4 rings (SSSR count). The summed E-state index contributed by atoms with van der Waals surface area (Å²) in [5.74, 6) is -1.35. The molecule has 190 valence electrons. The van der Waals surface area contributed by atoms with E-state index in [2.05, 4.69) is 21.2 Å². The molecule has 11 heteroatoms. The summed E-state index contributed by atoms with van der Waals surface area (Å²) in [6, 6.07) is 14.5. The number of hydrogen-bond acceptors (Lipinski definition) is 6. The van der Waals surface area contributed by atoms with Gasteiger partial charge >= 0.3 is 0 Å². The molecule has 1 N–H and O–H groups in total. The molecule has 1 heterocycles. The number of carbonyl (C=O) groups is 3. The molecular formula is C26H19BrF2N2O5S.